The van der Waals surface area contributed by atoms with E-state index in [0.29, 0.717) is 31.5 Å². The zero-order valence-corrected chi connectivity index (χ0v) is 24.7. The topological polar surface area (TPSA) is 126 Å². The van der Waals surface area contributed by atoms with E-state index in [4.69, 9.17) is 20.9 Å². The van der Waals surface area contributed by atoms with Crippen LogP contribution in [-0.2, 0) is 19.1 Å². The lowest BCUT2D eigenvalue weighted by Gasteiger charge is -2.62. The lowest BCUT2D eigenvalue weighted by atomic mass is 9.64. The minimum absolute atomic E-state index is 0.0496. The monoisotopic (exact) mass is 588 g/mol. The Labute approximate surface area is 248 Å². The van der Waals surface area contributed by atoms with Crippen molar-refractivity contribution < 1.29 is 23.5 Å². The van der Waals surface area contributed by atoms with Crippen LogP contribution in [0.1, 0.15) is 51.4 Å². The first-order valence-electron chi connectivity index (χ1n) is 16.6. The standard InChI is InChI=1S/C31H49FN6O4/c32-25-26(34)24-28-30(27(25)35-7-3-8-36-10-12-41-13-11-36)42-23-15-19-5-2-1-4-18(19)14-22(23)38(28)17-21(29(24)39)31(40)37-9-6-20(33)16-37/h17-20,22-28,30,35H,1-16,33-34H2. The van der Waals surface area contributed by atoms with Gasteiger partial charge in [-0.2, -0.15) is 0 Å². The Kier molecular flexibility index (Phi) is 8.35. The van der Waals surface area contributed by atoms with Crippen LogP contribution >= 0.6 is 0 Å². The molecule has 0 radical (unpaired) electrons. The molecule has 234 valence electrons. The van der Waals surface area contributed by atoms with Gasteiger partial charge in [0.1, 0.15) is 6.17 Å². The third-order valence-electron chi connectivity index (χ3n) is 11.5. The van der Waals surface area contributed by atoms with Crippen molar-refractivity contribution >= 4 is 11.7 Å². The minimum Gasteiger partial charge on any atom is -0.379 e. The van der Waals surface area contributed by atoms with Crippen LogP contribution in [-0.4, -0.2) is 127 Å². The van der Waals surface area contributed by atoms with Crippen molar-refractivity contribution in [2.24, 2.45) is 29.2 Å². The van der Waals surface area contributed by atoms with E-state index >= 15 is 4.39 Å². The van der Waals surface area contributed by atoms with E-state index in [2.05, 4.69) is 15.1 Å². The van der Waals surface area contributed by atoms with Crippen LogP contribution in [0.2, 0.25) is 0 Å². The summed E-state index contributed by atoms with van der Waals surface area (Å²) < 4.78 is 28.7. The first-order valence-corrected chi connectivity index (χ1v) is 16.6. The van der Waals surface area contributed by atoms with Gasteiger partial charge in [-0.3, -0.25) is 14.5 Å². The van der Waals surface area contributed by atoms with E-state index in [-0.39, 0.29) is 41.5 Å². The van der Waals surface area contributed by atoms with Crippen LogP contribution in [0, 0.1) is 17.8 Å². The predicted molar refractivity (Wildman–Crippen MR) is 155 cm³/mol. The molecule has 6 fully saturated rings. The highest BCUT2D eigenvalue weighted by molar-refractivity contribution is 6.21. The summed E-state index contributed by atoms with van der Waals surface area (Å²) >= 11 is 0. The number of likely N-dealkylation sites (tertiary alicyclic amines) is 1. The van der Waals surface area contributed by atoms with Gasteiger partial charge in [0.25, 0.3) is 5.91 Å². The van der Waals surface area contributed by atoms with E-state index in [1.165, 1.54) is 25.7 Å². The quantitative estimate of drug-likeness (QED) is 0.299. The second kappa shape index (κ2) is 12.0. The number of nitrogens with two attached hydrogens (primary N) is 2. The van der Waals surface area contributed by atoms with Crippen molar-refractivity contribution in [3.8, 4) is 0 Å². The SMILES string of the molecule is NC1CCN(C(=O)C2=CN3C4CC5CCCCC5CC4OC4C(NCCCN5CCOCC5)C(F)C(N)C(C2=O)C43)C1. The van der Waals surface area contributed by atoms with E-state index in [1.807, 2.05) is 6.20 Å². The molecule has 11 heteroatoms. The zero-order chi connectivity index (χ0) is 29.0. The summed E-state index contributed by atoms with van der Waals surface area (Å²) in [6.45, 7) is 5.91. The number of ether oxygens (including phenoxy) is 2. The molecule has 3 saturated heterocycles. The number of nitrogens with zero attached hydrogens (tertiary/aromatic N) is 3. The molecule has 3 aliphatic carbocycles. The third kappa shape index (κ3) is 5.21. The molecular formula is C31H49FN6O4. The number of rotatable bonds is 6. The Morgan fingerprint density at radius 1 is 1.07 bits per heavy atom. The number of carbonyl (C=O) groups excluding carboxylic acids is 2. The van der Waals surface area contributed by atoms with Crippen molar-refractivity contribution in [3.63, 3.8) is 0 Å². The molecular weight excluding hydrogens is 539 g/mol. The molecule has 0 spiro atoms. The number of morpholine rings is 2. The number of hydrogen-bond donors (Lipinski definition) is 3. The van der Waals surface area contributed by atoms with E-state index in [9.17, 15) is 9.59 Å². The van der Waals surface area contributed by atoms with Crippen molar-refractivity contribution in [3.05, 3.63) is 11.8 Å². The average Bonchev–Trinajstić information content (AvgIpc) is 3.45. The van der Waals surface area contributed by atoms with Crippen molar-refractivity contribution in [1.82, 2.24) is 20.0 Å². The second-order valence-corrected chi connectivity index (χ2v) is 14.0. The zero-order valence-electron chi connectivity index (χ0n) is 24.7. The second-order valence-electron chi connectivity index (χ2n) is 14.0. The van der Waals surface area contributed by atoms with Gasteiger partial charge in [-0.1, -0.05) is 25.7 Å². The molecule has 3 saturated carbocycles. The number of fused-ring (bicyclic) bond motifs is 3. The van der Waals surface area contributed by atoms with Crippen LogP contribution in [0.15, 0.2) is 11.8 Å². The van der Waals surface area contributed by atoms with Gasteiger partial charge in [0.15, 0.2) is 5.78 Å². The van der Waals surface area contributed by atoms with Gasteiger partial charge in [-0.15, -0.1) is 0 Å². The molecule has 4 heterocycles. The summed E-state index contributed by atoms with van der Waals surface area (Å²) in [6.07, 6.45) is 8.32. The van der Waals surface area contributed by atoms with Crippen LogP contribution in [0.3, 0.4) is 0 Å². The highest BCUT2D eigenvalue weighted by atomic mass is 19.1. The van der Waals surface area contributed by atoms with Crippen LogP contribution in [0.5, 0.6) is 0 Å². The molecule has 11 atom stereocenters. The van der Waals surface area contributed by atoms with Gasteiger partial charge in [-0.05, 0) is 50.6 Å². The van der Waals surface area contributed by atoms with Crippen LogP contribution < -0.4 is 16.8 Å². The number of carbonyl (C=O) groups is 2. The first kappa shape index (κ1) is 29.1. The fraction of sp³-hybridized carbons (Fsp3) is 0.871. The van der Waals surface area contributed by atoms with Gasteiger partial charge in [0.05, 0.1) is 55.0 Å². The summed E-state index contributed by atoms with van der Waals surface area (Å²) in [6, 6.07) is -2.01. The summed E-state index contributed by atoms with van der Waals surface area (Å²) in [5.74, 6) is -0.187. The lowest BCUT2D eigenvalue weighted by molar-refractivity contribution is -0.211. The summed E-state index contributed by atoms with van der Waals surface area (Å²) in [4.78, 5) is 34.1. The van der Waals surface area contributed by atoms with E-state index in [0.717, 1.165) is 58.5 Å². The Balaban J connectivity index is 1.16. The number of Topliss-reactive ketones (excluding diaryl/α,β-unsaturated/α-hetero) is 1. The molecule has 0 aromatic heterocycles. The normalized spacial score (nSPS) is 43.8. The number of hydrogen-bond acceptors (Lipinski definition) is 9. The molecule has 4 aliphatic heterocycles. The number of ketones is 1. The molecule has 7 aliphatic rings. The third-order valence-corrected chi connectivity index (χ3v) is 11.5. The maximum Gasteiger partial charge on any atom is 0.259 e. The van der Waals surface area contributed by atoms with Gasteiger partial charge in [0, 0.05) is 44.5 Å². The number of amides is 1. The summed E-state index contributed by atoms with van der Waals surface area (Å²) in [5, 5.41) is 3.49. The molecule has 42 heavy (non-hydrogen) atoms. The minimum atomic E-state index is -1.46. The van der Waals surface area contributed by atoms with Gasteiger partial charge in [0.2, 0.25) is 0 Å². The number of halogens is 1. The molecule has 10 nitrogen and oxygen atoms in total. The Morgan fingerprint density at radius 3 is 2.57 bits per heavy atom. The summed E-state index contributed by atoms with van der Waals surface area (Å²) in [5.41, 5.74) is 12.9. The molecule has 1 amide bonds. The summed E-state index contributed by atoms with van der Waals surface area (Å²) in [7, 11) is 0. The Hall–Kier alpha value is -1.63. The molecule has 0 aromatic rings. The highest BCUT2D eigenvalue weighted by Crippen LogP contribution is 2.50. The fourth-order valence-corrected chi connectivity index (χ4v) is 9.32. The van der Waals surface area contributed by atoms with Crippen LogP contribution in [0.4, 0.5) is 4.39 Å². The maximum atomic E-state index is 16.3. The predicted octanol–water partition coefficient (Wildman–Crippen LogP) is 0.395. The van der Waals surface area contributed by atoms with E-state index < -0.39 is 30.3 Å². The van der Waals surface area contributed by atoms with Gasteiger partial charge < -0.3 is 36.1 Å². The van der Waals surface area contributed by atoms with Crippen LogP contribution in [0.25, 0.3) is 0 Å². The van der Waals surface area contributed by atoms with Crippen molar-refractivity contribution in [2.45, 2.75) is 100.0 Å². The molecule has 5 N–H and O–H groups in total. The smallest absolute Gasteiger partial charge is 0.259 e. The van der Waals surface area contributed by atoms with Crippen molar-refractivity contribution in [2.75, 3.05) is 52.5 Å². The lowest BCUT2D eigenvalue weighted by Crippen LogP contribution is -2.77. The molecule has 0 bridgehead atoms. The largest absolute Gasteiger partial charge is 0.379 e. The average molecular weight is 589 g/mol. The van der Waals surface area contributed by atoms with Gasteiger partial charge in [-0.25, -0.2) is 4.39 Å². The molecule has 11 unspecified atom stereocenters. The van der Waals surface area contributed by atoms with Crippen molar-refractivity contribution in [1.29, 1.82) is 0 Å². The molecule has 7 rings (SSSR count). The number of nitrogens with one attached hydrogen (secondary N) is 1. The Bertz CT molecular complexity index is 1060. The van der Waals surface area contributed by atoms with Gasteiger partial charge >= 0.3 is 0 Å². The first-order chi connectivity index (χ1) is 20.4. The van der Waals surface area contributed by atoms with E-state index in [1.54, 1.807) is 4.90 Å². The molecule has 0 aromatic carbocycles. The number of alkyl halides is 1. The Morgan fingerprint density at radius 2 is 1.83 bits per heavy atom. The fourth-order valence-electron chi connectivity index (χ4n) is 9.32. The maximum absolute atomic E-state index is 16.3. The highest BCUT2D eigenvalue weighted by Gasteiger charge is 2.62.